The summed E-state index contributed by atoms with van der Waals surface area (Å²) in [4.78, 5) is 2.10. The molecule has 0 radical (unpaired) electrons. The number of ether oxygens (including phenoxy) is 2. The zero-order chi connectivity index (χ0) is 15.7. The minimum atomic E-state index is 0.646. The maximum absolute atomic E-state index is 5.81. The van der Waals surface area contributed by atoms with Crippen LogP contribution in [0.3, 0.4) is 0 Å². The Balaban J connectivity index is 2.62. The summed E-state index contributed by atoms with van der Waals surface area (Å²) in [7, 11) is 4.08. The summed E-state index contributed by atoms with van der Waals surface area (Å²) in [6, 6.07) is 6.18. The third-order valence-corrected chi connectivity index (χ3v) is 2.99. The Morgan fingerprint density at radius 1 is 1.14 bits per heavy atom. The molecule has 0 saturated heterocycles. The van der Waals surface area contributed by atoms with Crippen LogP contribution >= 0.6 is 0 Å². The second-order valence-electron chi connectivity index (χ2n) is 5.89. The maximum Gasteiger partial charge on any atom is 0.161 e. The van der Waals surface area contributed by atoms with Crippen molar-refractivity contribution in [3.05, 3.63) is 23.8 Å². The van der Waals surface area contributed by atoms with Crippen molar-refractivity contribution in [2.75, 3.05) is 40.4 Å². The zero-order valence-electron chi connectivity index (χ0n) is 14.1. The molecule has 0 aliphatic heterocycles. The molecule has 1 aromatic carbocycles. The van der Waals surface area contributed by atoms with E-state index in [0.717, 1.165) is 31.1 Å². The van der Waals surface area contributed by atoms with E-state index in [9.17, 15) is 0 Å². The fourth-order valence-corrected chi connectivity index (χ4v) is 1.89. The molecule has 0 spiro atoms. The average Bonchev–Trinajstić information content (AvgIpc) is 2.40. The fraction of sp³-hybridized carbons (Fsp3) is 0.647. The molecule has 1 rings (SSSR count). The van der Waals surface area contributed by atoms with Gasteiger partial charge in [0.1, 0.15) is 6.61 Å². The number of rotatable bonds is 10. The van der Waals surface area contributed by atoms with E-state index in [4.69, 9.17) is 9.47 Å². The van der Waals surface area contributed by atoms with Crippen molar-refractivity contribution in [1.29, 1.82) is 0 Å². The molecule has 4 nitrogen and oxygen atoms in total. The molecular formula is C17H30N2O2. The van der Waals surface area contributed by atoms with Gasteiger partial charge in [-0.15, -0.1) is 0 Å². The molecule has 0 atom stereocenters. The highest BCUT2D eigenvalue weighted by Gasteiger charge is 2.07. The van der Waals surface area contributed by atoms with Crippen molar-refractivity contribution in [2.45, 2.75) is 27.3 Å². The first-order chi connectivity index (χ1) is 10.0. The first-order valence-electron chi connectivity index (χ1n) is 7.77. The topological polar surface area (TPSA) is 33.7 Å². The van der Waals surface area contributed by atoms with Crippen LogP contribution in [0.1, 0.15) is 26.3 Å². The molecular weight excluding hydrogens is 264 g/mol. The van der Waals surface area contributed by atoms with Gasteiger partial charge in [-0.25, -0.2) is 0 Å². The van der Waals surface area contributed by atoms with Gasteiger partial charge in [-0.05, 0) is 51.2 Å². The molecule has 0 aliphatic rings. The first-order valence-corrected chi connectivity index (χ1v) is 7.77. The number of benzene rings is 1. The Morgan fingerprint density at radius 3 is 2.52 bits per heavy atom. The quantitative estimate of drug-likeness (QED) is 0.719. The molecule has 0 heterocycles. The molecule has 0 bridgehead atoms. The summed E-state index contributed by atoms with van der Waals surface area (Å²) in [6.45, 7) is 10.5. The van der Waals surface area contributed by atoms with Crippen molar-refractivity contribution in [3.8, 4) is 11.5 Å². The Bertz CT molecular complexity index is 406. The van der Waals surface area contributed by atoms with E-state index in [1.165, 1.54) is 5.56 Å². The molecule has 4 heteroatoms. The monoisotopic (exact) mass is 294 g/mol. The highest BCUT2D eigenvalue weighted by molar-refractivity contribution is 5.43. The third-order valence-electron chi connectivity index (χ3n) is 2.99. The molecule has 0 aromatic heterocycles. The van der Waals surface area contributed by atoms with Crippen molar-refractivity contribution in [2.24, 2.45) is 5.92 Å². The van der Waals surface area contributed by atoms with Crippen molar-refractivity contribution < 1.29 is 9.47 Å². The lowest BCUT2D eigenvalue weighted by Gasteiger charge is -2.15. The summed E-state index contributed by atoms with van der Waals surface area (Å²) >= 11 is 0. The average molecular weight is 294 g/mol. The van der Waals surface area contributed by atoms with E-state index in [1.54, 1.807) is 0 Å². The Kier molecular flexibility index (Phi) is 8.16. The molecule has 1 N–H and O–H groups in total. The van der Waals surface area contributed by atoms with E-state index in [-0.39, 0.29) is 0 Å². The van der Waals surface area contributed by atoms with E-state index in [2.05, 4.69) is 36.2 Å². The minimum Gasteiger partial charge on any atom is -0.490 e. The van der Waals surface area contributed by atoms with Gasteiger partial charge in [-0.2, -0.15) is 0 Å². The Morgan fingerprint density at radius 2 is 1.90 bits per heavy atom. The smallest absolute Gasteiger partial charge is 0.161 e. The van der Waals surface area contributed by atoms with E-state index >= 15 is 0 Å². The van der Waals surface area contributed by atoms with Gasteiger partial charge in [0.15, 0.2) is 11.5 Å². The Hall–Kier alpha value is -1.26. The second kappa shape index (κ2) is 9.64. The van der Waals surface area contributed by atoms with E-state index in [1.807, 2.05) is 27.1 Å². The van der Waals surface area contributed by atoms with Gasteiger partial charge in [0.05, 0.1) is 6.61 Å². The minimum absolute atomic E-state index is 0.646. The SMILES string of the molecule is CCOc1cc(CNCC(C)C)ccc1OCCN(C)C. The second-order valence-corrected chi connectivity index (χ2v) is 5.89. The van der Waals surface area contributed by atoms with Crippen molar-refractivity contribution in [3.63, 3.8) is 0 Å². The predicted octanol–water partition coefficient (Wildman–Crippen LogP) is 2.77. The molecule has 0 saturated carbocycles. The van der Waals surface area contributed by atoms with Gasteiger partial charge in [-0.1, -0.05) is 19.9 Å². The van der Waals surface area contributed by atoms with Crippen LogP contribution in [0, 0.1) is 5.92 Å². The molecule has 21 heavy (non-hydrogen) atoms. The standard InChI is InChI=1S/C17H30N2O2/c1-6-20-17-11-15(13-18-12-14(2)3)7-8-16(17)21-10-9-19(4)5/h7-8,11,14,18H,6,9-10,12-13H2,1-5H3. The van der Waals surface area contributed by atoms with Crippen LogP contribution in [-0.4, -0.2) is 45.3 Å². The zero-order valence-corrected chi connectivity index (χ0v) is 14.1. The largest absolute Gasteiger partial charge is 0.490 e. The van der Waals surface area contributed by atoms with Gasteiger partial charge in [0.2, 0.25) is 0 Å². The van der Waals surface area contributed by atoms with Crippen LogP contribution in [0.25, 0.3) is 0 Å². The van der Waals surface area contributed by atoms with Crippen LogP contribution in [0.2, 0.25) is 0 Å². The van der Waals surface area contributed by atoms with Gasteiger partial charge >= 0.3 is 0 Å². The van der Waals surface area contributed by atoms with Crippen LogP contribution in [0.5, 0.6) is 11.5 Å². The van der Waals surface area contributed by atoms with E-state index < -0.39 is 0 Å². The lowest BCUT2D eigenvalue weighted by Crippen LogP contribution is -2.20. The summed E-state index contributed by atoms with van der Waals surface area (Å²) in [5, 5.41) is 3.44. The number of nitrogens with one attached hydrogen (secondary N) is 1. The van der Waals surface area contributed by atoms with Gasteiger partial charge in [0, 0.05) is 13.1 Å². The maximum atomic E-state index is 5.81. The van der Waals surface area contributed by atoms with Crippen LogP contribution < -0.4 is 14.8 Å². The first kappa shape index (κ1) is 17.8. The number of likely N-dealkylation sites (N-methyl/N-ethyl adjacent to an activating group) is 1. The summed E-state index contributed by atoms with van der Waals surface area (Å²) in [5.41, 5.74) is 1.22. The molecule has 0 fully saturated rings. The van der Waals surface area contributed by atoms with Gasteiger partial charge < -0.3 is 19.7 Å². The molecule has 0 unspecified atom stereocenters. The van der Waals surface area contributed by atoms with Crippen LogP contribution in [0.4, 0.5) is 0 Å². The molecule has 0 aliphatic carbocycles. The van der Waals surface area contributed by atoms with Gasteiger partial charge in [0.25, 0.3) is 0 Å². The molecule has 120 valence electrons. The summed E-state index contributed by atoms with van der Waals surface area (Å²) in [5.74, 6) is 2.32. The molecule has 0 amide bonds. The fourth-order valence-electron chi connectivity index (χ4n) is 1.89. The van der Waals surface area contributed by atoms with Crippen LogP contribution in [-0.2, 0) is 6.54 Å². The lowest BCUT2D eigenvalue weighted by atomic mass is 10.2. The normalized spacial score (nSPS) is 11.2. The highest BCUT2D eigenvalue weighted by atomic mass is 16.5. The third kappa shape index (κ3) is 7.34. The van der Waals surface area contributed by atoms with Crippen molar-refractivity contribution >= 4 is 0 Å². The lowest BCUT2D eigenvalue weighted by molar-refractivity contribution is 0.243. The summed E-state index contributed by atoms with van der Waals surface area (Å²) < 4.78 is 11.5. The van der Waals surface area contributed by atoms with Gasteiger partial charge in [-0.3, -0.25) is 0 Å². The number of hydrogen-bond donors (Lipinski definition) is 1. The van der Waals surface area contributed by atoms with E-state index in [0.29, 0.717) is 19.1 Å². The summed E-state index contributed by atoms with van der Waals surface area (Å²) in [6.07, 6.45) is 0. The van der Waals surface area contributed by atoms with Crippen LogP contribution in [0.15, 0.2) is 18.2 Å². The highest BCUT2D eigenvalue weighted by Crippen LogP contribution is 2.28. The predicted molar refractivity (Wildman–Crippen MR) is 88.2 cm³/mol. The number of hydrogen-bond acceptors (Lipinski definition) is 4. The van der Waals surface area contributed by atoms with Crippen molar-refractivity contribution in [1.82, 2.24) is 10.2 Å². The molecule has 1 aromatic rings. The number of nitrogens with zero attached hydrogens (tertiary/aromatic N) is 1. The Labute approximate surface area is 129 Å².